The molecule has 12 heteroatoms. The molecule has 2 atom stereocenters. The molecule has 2 aliphatic heterocycles. The molecule has 0 saturated carbocycles. The zero-order valence-corrected chi connectivity index (χ0v) is 27.0. The Morgan fingerprint density at radius 2 is 0.771 bits per heavy atom. The first-order chi connectivity index (χ1) is 23.3. The predicted octanol–water partition coefficient (Wildman–Crippen LogP) is 5.18. The molecule has 0 aliphatic carbocycles. The molecular formula is C36H28N2O8S2. The van der Waals surface area contributed by atoms with E-state index in [-0.39, 0.29) is 47.0 Å². The van der Waals surface area contributed by atoms with Gasteiger partial charge in [-0.15, -0.1) is 0 Å². The van der Waals surface area contributed by atoms with Gasteiger partial charge in [0.1, 0.15) is 25.3 Å². The number of carbonyl (C=O) groups is 6. The highest BCUT2D eigenvalue weighted by atomic mass is 33.1. The van der Waals surface area contributed by atoms with Crippen molar-refractivity contribution in [3.63, 3.8) is 0 Å². The smallest absolute Gasteiger partial charge is 0.330 e. The van der Waals surface area contributed by atoms with Crippen LogP contribution in [0.4, 0.5) is 0 Å². The van der Waals surface area contributed by atoms with Crippen LogP contribution >= 0.6 is 21.6 Å². The lowest BCUT2D eigenvalue weighted by Gasteiger charge is -2.26. The van der Waals surface area contributed by atoms with Crippen LogP contribution in [0.2, 0.25) is 0 Å². The number of hydrogen-bond acceptors (Lipinski definition) is 10. The summed E-state index contributed by atoms with van der Waals surface area (Å²) in [6.07, 6.45) is 0. The van der Waals surface area contributed by atoms with E-state index in [4.69, 9.17) is 9.47 Å². The average molecular weight is 681 g/mol. The number of carbonyl (C=O) groups excluding carboxylic acids is 6. The Morgan fingerprint density at radius 1 is 0.479 bits per heavy atom. The van der Waals surface area contributed by atoms with E-state index in [1.54, 1.807) is 72.8 Å². The zero-order chi connectivity index (χ0) is 33.6. The highest BCUT2D eigenvalue weighted by Crippen LogP contribution is 2.33. The highest BCUT2D eigenvalue weighted by Gasteiger charge is 2.45. The number of benzene rings is 4. The molecule has 0 aromatic heterocycles. The van der Waals surface area contributed by atoms with Gasteiger partial charge in [0.15, 0.2) is 0 Å². The maximum Gasteiger partial charge on any atom is 0.330 e. The van der Waals surface area contributed by atoms with Crippen LogP contribution in [0, 0.1) is 0 Å². The first-order valence-electron chi connectivity index (χ1n) is 14.9. The SMILES string of the molecule is O=C(OCc1ccccc1)[C@H](CSSC[C@@H](C(=O)OCc1ccccc1)N1C(=O)c2ccccc2C1=O)N1C(=O)c2ccccc2C1=O. The Hall–Kier alpha value is -5.20. The minimum Gasteiger partial charge on any atom is -0.459 e. The second-order valence-corrected chi connectivity index (χ2v) is 13.4. The molecule has 0 spiro atoms. The number of rotatable bonds is 13. The molecule has 0 fully saturated rings. The van der Waals surface area contributed by atoms with E-state index < -0.39 is 47.7 Å². The van der Waals surface area contributed by atoms with Gasteiger partial charge in [-0.2, -0.15) is 0 Å². The number of nitrogens with zero attached hydrogens (tertiary/aromatic N) is 2. The van der Waals surface area contributed by atoms with Gasteiger partial charge in [-0.05, 0) is 35.4 Å². The summed E-state index contributed by atoms with van der Waals surface area (Å²) in [6.45, 7) is -0.127. The minimum atomic E-state index is -1.29. The monoisotopic (exact) mass is 680 g/mol. The van der Waals surface area contributed by atoms with Gasteiger partial charge < -0.3 is 9.47 Å². The van der Waals surface area contributed by atoms with Crippen molar-refractivity contribution in [3.8, 4) is 0 Å². The van der Waals surface area contributed by atoms with Crippen LogP contribution in [0.5, 0.6) is 0 Å². The molecule has 0 unspecified atom stereocenters. The summed E-state index contributed by atoms with van der Waals surface area (Å²) in [5, 5.41) is 0. The van der Waals surface area contributed by atoms with Gasteiger partial charge in [0, 0.05) is 11.5 Å². The van der Waals surface area contributed by atoms with Gasteiger partial charge in [0.05, 0.1) is 22.3 Å². The maximum absolute atomic E-state index is 13.5. The standard InChI is InChI=1S/C36H28N2O8S2/c39-31-25-15-7-8-16-26(25)32(40)37(31)29(35(43)45-19-23-11-3-1-4-12-23)21-47-48-22-30(36(44)46-20-24-13-5-2-6-14-24)38-33(41)27-17-9-10-18-28(27)34(38)42/h1-18,29-30H,19-22H2/t29-,30-/m0/s1. The van der Waals surface area contributed by atoms with Crippen molar-refractivity contribution in [1.82, 2.24) is 9.80 Å². The van der Waals surface area contributed by atoms with Crippen LogP contribution in [-0.2, 0) is 32.3 Å². The number of hydrogen-bond donors (Lipinski definition) is 0. The van der Waals surface area contributed by atoms with Crippen molar-refractivity contribution in [2.24, 2.45) is 0 Å². The third kappa shape index (κ3) is 6.76. The topological polar surface area (TPSA) is 127 Å². The van der Waals surface area contributed by atoms with E-state index in [1.165, 1.54) is 24.3 Å². The van der Waals surface area contributed by atoms with Gasteiger partial charge in [-0.3, -0.25) is 29.0 Å². The molecule has 4 aromatic carbocycles. The summed E-state index contributed by atoms with van der Waals surface area (Å²) in [5.41, 5.74) is 2.21. The lowest BCUT2D eigenvalue weighted by molar-refractivity contribution is -0.149. The van der Waals surface area contributed by atoms with Crippen LogP contribution in [0.1, 0.15) is 52.6 Å². The fraction of sp³-hybridized carbons (Fsp3) is 0.167. The zero-order valence-electron chi connectivity index (χ0n) is 25.4. The second kappa shape index (κ2) is 14.7. The van der Waals surface area contributed by atoms with E-state index in [0.29, 0.717) is 0 Å². The van der Waals surface area contributed by atoms with Crippen LogP contribution in [-0.4, -0.2) is 69.0 Å². The maximum atomic E-state index is 13.5. The molecule has 2 heterocycles. The van der Waals surface area contributed by atoms with Gasteiger partial charge in [-0.1, -0.05) is 107 Å². The van der Waals surface area contributed by atoms with E-state index >= 15 is 0 Å². The Balaban J connectivity index is 1.18. The summed E-state index contributed by atoms with van der Waals surface area (Å²) in [4.78, 5) is 82.1. The molecule has 0 N–H and O–H groups in total. The summed E-state index contributed by atoms with van der Waals surface area (Å²) >= 11 is 0. The lowest BCUT2D eigenvalue weighted by atomic mass is 10.1. The molecule has 6 rings (SSSR count). The van der Waals surface area contributed by atoms with Gasteiger partial charge in [0.25, 0.3) is 23.6 Å². The normalized spacial score (nSPS) is 14.8. The largest absolute Gasteiger partial charge is 0.459 e. The fourth-order valence-corrected chi connectivity index (χ4v) is 7.72. The molecule has 0 saturated heterocycles. The predicted molar refractivity (Wildman–Crippen MR) is 179 cm³/mol. The quantitative estimate of drug-likeness (QED) is 0.0807. The summed E-state index contributed by atoms with van der Waals surface area (Å²) < 4.78 is 11.1. The number of amides is 4. The van der Waals surface area contributed by atoms with Crippen LogP contribution in [0.25, 0.3) is 0 Å². The van der Waals surface area contributed by atoms with E-state index in [9.17, 15) is 28.8 Å². The Labute approximate surface area is 283 Å². The summed E-state index contributed by atoms with van der Waals surface area (Å²) in [5.74, 6) is -4.18. The molecule has 2 aliphatic rings. The fourth-order valence-electron chi connectivity index (χ4n) is 5.35. The molecule has 4 aromatic rings. The van der Waals surface area contributed by atoms with E-state index in [1.807, 2.05) is 12.1 Å². The van der Waals surface area contributed by atoms with Gasteiger partial charge >= 0.3 is 11.9 Å². The van der Waals surface area contributed by atoms with Crippen molar-refractivity contribution in [2.75, 3.05) is 11.5 Å². The lowest BCUT2D eigenvalue weighted by Crippen LogP contribution is -2.47. The number of imide groups is 2. The second-order valence-electron chi connectivity index (χ2n) is 10.8. The first kappa shape index (κ1) is 32.7. The number of esters is 2. The van der Waals surface area contributed by atoms with Crippen molar-refractivity contribution >= 4 is 57.2 Å². The van der Waals surface area contributed by atoms with Gasteiger partial charge in [0.2, 0.25) is 0 Å². The molecule has 242 valence electrons. The number of fused-ring (bicyclic) bond motifs is 2. The van der Waals surface area contributed by atoms with Crippen molar-refractivity contribution in [1.29, 1.82) is 0 Å². The van der Waals surface area contributed by atoms with Crippen LogP contribution in [0.15, 0.2) is 109 Å². The Bertz CT molecular complexity index is 1680. The van der Waals surface area contributed by atoms with Crippen molar-refractivity contribution in [3.05, 3.63) is 143 Å². The third-order valence-corrected chi connectivity index (χ3v) is 10.2. The van der Waals surface area contributed by atoms with Crippen LogP contribution < -0.4 is 0 Å². The molecule has 4 amide bonds. The molecule has 10 nitrogen and oxygen atoms in total. The highest BCUT2D eigenvalue weighted by molar-refractivity contribution is 8.76. The van der Waals surface area contributed by atoms with E-state index in [2.05, 4.69) is 0 Å². The Kier molecular flexibility index (Phi) is 10.0. The summed E-state index contributed by atoms with van der Waals surface area (Å²) in [6, 6.07) is 28.0. The molecule has 48 heavy (non-hydrogen) atoms. The average Bonchev–Trinajstić information content (AvgIpc) is 3.52. The number of ether oxygens (including phenoxy) is 2. The van der Waals surface area contributed by atoms with Crippen molar-refractivity contribution in [2.45, 2.75) is 25.3 Å². The van der Waals surface area contributed by atoms with Gasteiger partial charge in [-0.25, -0.2) is 9.59 Å². The molecular weight excluding hydrogens is 653 g/mol. The van der Waals surface area contributed by atoms with E-state index in [0.717, 1.165) is 42.5 Å². The molecule has 0 radical (unpaired) electrons. The molecule has 0 bridgehead atoms. The first-order valence-corrected chi connectivity index (χ1v) is 17.4. The minimum absolute atomic E-state index is 0.0633. The van der Waals surface area contributed by atoms with Crippen molar-refractivity contribution < 1.29 is 38.2 Å². The Morgan fingerprint density at radius 3 is 1.08 bits per heavy atom. The third-order valence-electron chi connectivity index (χ3n) is 7.80. The van der Waals surface area contributed by atoms with Crippen LogP contribution in [0.3, 0.4) is 0 Å². The summed E-state index contributed by atoms with van der Waals surface area (Å²) in [7, 11) is 2.20.